The predicted molar refractivity (Wildman–Crippen MR) is 126 cm³/mol. The van der Waals surface area contributed by atoms with Gasteiger partial charge in [-0.3, -0.25) is 0 Å². The van der Waals surface area contributed by atoms with E-state index in [9.17, 15) is 14.4 Å². The third-order valence-electron chi connectivity index (χ3n) is 3.85. The molecular formula is C16H31N3O7Si4. The molecule has 2 rings (SSSR count). The molecule has 1 aliphatic heterocycles. The highest BCUT2D eigenvalue weighted by Gasteiger charge is 2.25. The van der Waals surface area contributed by atoms with Crippen LogP contribution in [-0.2, 0) is 36.1 Å². The van der Waals surface area contributed by atoms with Gasteiger partial charge in [0.2, 0.25) is 0 Å². The van der Waals surface area contributed by atoms with Crippen molar-refractivity contribution in [3.63, 3.8) is 0 Å². The van der Waals surface area contributed by atoms with E-state index >= 15 is 0 Å². The lowest BCUT2D eigenvalue weighted by Crippen LogP contribution is -2.54. The van der Waals surface area contributed by atoms with Gasteiger partial charge in [0.05, 0.1) is 19.6 Å². The first-order chi connectivity index (χ1) is 14.2. The Morgan fingerprint density at radius 1 is 0.600 bits per heavy atom. The normalized spacial score (nSPS) is 24.0. The Kier molecular flexibility index (Phi) is 11.3. The SMILES string of the molecule is C=CCn1c(=O)n(CC=C)c(=O)n(CC=C)c1=O.C[SiH]1O[SiH](C)O[SiH](C)O[SiH](C)O1. The number of hydrogen-bond donors (Lipinski definition) is 0. The number of nitrogens with zero attached hydrogens (tertiary/aromatic N) is 3. The standard InChI is InChI=1S/C12H15N3O3.C4H16O4Si4/c1-4-7-13-10(16)14(8-5-2)12(18)15(9-6-3)11(13)17;1-9-5-10(2)7-12(4)8-11(3)6-9/h4-6H,1-3,7-9H2;9-12H,1-4H3. The Hall–Kier alpha value is -1.66. The molecule has 0 radical (unpaired) electrons. The number of allylic oxidation sites excluding steroid dienone is 3. The molecule has 1 aliphatic rings. The van der Waals surface area contributed by atoms with E-state index in [1.54, 1.807) is 0 Å². The minimum atomic E-state index is -1.42. The van der Waals surface area contributed by atoms with Crippen LogP contribution in [0.2, 0.25) is 26.2 Å². The van der Waals surface area contributed by atoms with Crippen molar-refractivity contribution in [1.82, 2.24) is 13.7 Å². The van der Waals surface area contributed by atoms with Gasteiger partial charge in [-0.1, -0.05) is 18.2 Å². The highest BCUT2D eigenvalue weighted by atomic mass is 28.5. The maximum atomic E-state index is 11.9. The summed E-state index contributed by atoms with van der Waals surface area (Å²) >= 11 is 0. The van der Waals surface area contributed by atoms with Crippen molar-refractivity contribution in [2.24, 2.45) is 0 Å². The fraction of sp³-hybridized carbons (Fsp3) is 0.438. The Bertz CT molecular complexity index is 753. The Labute approximate surface area is 182 Å². The van der Waals surface area contributed by atoms with Crippen molar-refractivity contribution in [1.29, 1.82) is 0 Å². The van der Waals surface area contributed by atoms with Crippen LogP contribution in [0.4, 0.5) is 0 Å². The van der Waals surface area contributed by atoms with Gasteiger partial charge in [-0.05, 0) is 26.2 Å². The molecular weight excluding hydrogens is 459 g/mol. The summed E-state index contributed by atoms with van der Waals surface area (Å²) in [5, 5.41) is 0. The van der Waals surface area contributed by atoms with Gasteiger partial charge in [0.25, 0.3) is 37.1 Å². The van der Waals surface area contributed by atoms with Crippen LogP contribution >= 0.6 is 0 Å². The van der Waals surface area contributed by atoms with Crippen molar-refractivity contribution >= 4 is 37.1 Å². The lowest BCUT2D eigenvalue weighted by Gasteiger charge is -2.28. The number of rotatable bonds is 6. The molecule has 0 spiro atoms. The van der Waals surface area contributed by atoms with Gasteiger partial charge in [0, 0.05) is 0 Å². The first kappa shape index (κ1) is 26.4. The van der Waals surface area contributed by atoms with E-state index in [0.29, 0.717) is 0 Å². The zero-order valence-electron chi connectivity index (χ0n) is 18.0. The fourth-order valence-electron chi connectivity index (χ4n) is 2.75. The van der Waals surface area contributed by atoms with E-state index in [1.165, 1.54) is 18.2 Å². The average molecular weight is 490 g/mol. The van der Waals surface area contributed by atoms with Crippen molar-refractivity contribution in [3.8, 4) is 0 Å². The second-order valence-corrected chi connectivity index (χ2v) is 15.3. The van der Waals surface area contributed by atoms with Crippen molar-refractivity contribution in [2.75, 3.05) is 0 Å². The van der Waals surface area contributed by atoms with Gasteiger partial charge >= 0.3 is 17.1 Å². The Morgan fingerprint density at radius 3 is 0.967 bits per heavy atom. The lowest BCUT2D eigenvalue weighted by molar-refractivity contribution is 0.295. The largest absolute Gasteiger partial charge is 0.420 e. The minimum Gasteiger partial charge on any atom is -0.420 e. The van der Waals surface area contributed by atoms with Crippen LogP contribution in [0.1, 0.15) is 0 Å². The number of aromatic nitrogens is 3. The molecule has 0 N–H and O–H groups in total. The quantitative estimate of drug-likeness (QED) is 0.381. The van der Waals surface area contributed by atoms with E-state index in [4.69, 9.17) is 16.5 Å². The summed E-state index contributed by atoms with van der Waals surface area (Å²) in [6, 6.07) is 0. The summed E-state index contributed by atoms with van der Waals surface area (Å²) in [4.78, 5) is 35.8. The molecule has 1 aromatic rings. The van der Waals surface area contributed by atoms with Gasteiger partial charge in [-0.2, -0.15) is 0 Å². The molecule has 10 nitrogen and oxygen atoms in total. The van der Waals surface area contributed by atoms with Gasteiger partial charge in [-0.15, -0.1) is 19.7 Å². The maximum Gasteiger partial charge on any atom is 0.336 e. The summed E-state index contributed by atoms with van der Waals surface area (Å²) in [7, 11) is -5.66. The third kappa shape index (κ3) is 7.55. The van der Waals surface area contributed by atoms with Gasteiger partial charge in [0.15, 0.2) is 0 Å². The van der Waals surface area contributed by atoms with Gasteiger partial charge in [0.1, 0.15) is 0 Å². The summed E-state index contributed by atoms with van der Waals surface area (Å²) in [6.45, 7) is 18.7. The van der Waals surface area contributed by atoms with E-state index < -0.39 is 54.2 Å². The van der Waals surface area contributed by atoms with Crippen LogP contribution < -0.4 is 17.1 Å². The molecule has 0 aromatic carbocycles. The van der Waals surface area contributed by atoms with E-state index in [-0.39, 0.29) is 19.6 Å². The highest BCUT2D eigenvalue weighted by Crippen LogP contribution is 2.06. The molecule has 2 heterocycles. The van der Waals surface area contributed by atoms with Crippen LogP contribution in [0.5, 0.6) is 0 Å². The van der Waals surface area contributed by atoms with Crippen LogP contribution in [0, 0.1) is 0 Å². The van der Waals surface area contributed by atoms with Crippen LogP contribution in [-0.4, -0.2) is 50.8 Å². The fourth-order valence-corrected chi connectivity index (χ4v) is 14.7. The summed E-state index contributed by atoms with van der Waals surface area (Å²) in [5.41, 5.74) is -1.99. The highest BCUT2D eigenvalue weighted by molar-refractivity contribution is 6.72. The average Bonchev–Trinajstić information content (AvgIpc) is 2.65. The van der Waals surface area contributed by atoms with E-state index in [2.05, 4.69) is 19.7 Å². The maximum absolute atomic E-state index is 11.9. The van der Waals surface area contributed by atoms with E-state index in [0.717, 1.165) is 13.7 Å². The molecule has 1 fully saturated rings. The molecule has 14 heteroatoms. The van der Waals surface area contributed by atoms with Crippen LogP contribution in [0.3, 0.4) is 0 Å². The topological polar surface area (TPSA) is 103 Å². The molecule has 0 amide bonds. The van der Waals surface area contributed by atoms with Crippen molar-refractivity contribution < 1.29 is 16.5 Å². The first-order valence-corrected chi connectivity index (χ1v) is 17.9. The monoisotopic (exact) mass is 489 g/mol. The lowest BCUT2D eigenvalue weighted by atomic mass is 10.5. The molecule has 1 aromatic heterocycles. The third-order valence-corrected chi connectivity index (χ3v) is 16.1. The second-order valence-electron chi connectivity index (χ2n) is 6.36. The van der Waals surface area contributed by atoms with Crippen molar-refractivity contribution in [2.45, 2.75) is 45.8 Å². The van der Waals surface area contributed by atoms with Gasteiger partial charge in [-0.25, -0.2) is 28.1 Å². The molecule has 30 heavy (non-hydrogen) atoms. The zero-order chi connectivity index (χ0) is 22.8. The smallest absolute Gasteiger partial charge is 0.336 e. The molecule has 0 atom stereocenters. The Balaban J connectivity index is 0.000000325. The first-order valence-electron chi connectivity index (χ1n) is 9.55. The number of hydrogen-bond acceptors (Lipinski definition) is 7. The second kappa shape index (κ2) is 12.9. The van der Waals surface area contributed by atoms with Crippen LogP contribution in [0.25, 0.3) is 0 Å². The summed E-state index contributed by atoms with van der Waals surface area (Å²) in [5.74, 6) is 0. The molecule has 168 valence electrons. The Morgan fingerprint density at radius 2 is 0.800 bits per heavy atom. The predicted octanol–water partition coefficient (Wildman–Crippen LogP) is -0.803. The molecule has 1 saturated heterocycles. The van der Waals surface area contributed by atoms with Gasteiger partial charge < -0.3 is 16.5 Å². The molecule has 0 aliphatic carbocycles. The van der Waals surface area contributed by atoms with Crippen molar-refractivity contribution in [3.05, 3.63) is 69.4 Å². The molecule has 0 saturated carbocycles. The summed E-state index contributed by atoms with van der Waals surface area (Å²) in [6.07, 6.45) is 4.26. The van der Waals surface area contributed by atoms with E-state index in [1.807, 2.05) is 26.2 Å². The minimum absolute atomic E-state index is 0.0478. The van der Waals surface area contributed by atoms with Crippen LogP contribution in [0.15, 0.2) is 52.3 Å². The molecule has 0 bridgehead atoms. The summed E-state index contributed by atoms with van der Waals surface area (Å²) < 4.78 is 25.5. The molecule has 0 unspecified atom stereocenters. The zero-order valence-corrected chi connectivity index (χ0v) is 22.6.